The van der Waals surface area contributed by atoms with E-state index < -0.39 is 0 Å². The van der Waals surface area contributed by atoms with Crippen LogP contribution in [0.3, 0.4) is 0 Å². The zero-order valence-electron chi connectivity index (χ0n) is 13.4. The van der Waals surface area contributed by atoms with Gasteiger partial charge in [-0.15, -0.1) is 0 Å². The monoisotopic (exact) mass is 294 g/mol. The minimum absolute atomic E-state index is 0.167. The summed E-state index contributed by atoms with van der Waals surface area (Å²) >= 11 is 0. The first kappa shape index (κ1) is 16.2. The number of nitrogens with zero attached hydrogens (tertiary/aromatic N) is 1. The summed E-state index contributed by atoms with van der Waals surface area (Å²) in [5.41, 5.74) is 2.16. The van der Waals surface area contributed by atoms with Crippen molar-refractivity contribution in [2.45, 2.75) is 39.8 Å². The van der Waals surface area contributed by atoms with Gasteiger partial charge in [0, 0.05) is 31.9 Å². The number of nitrogens with one attached hydrogen (secondary N) is 1. The molecule has 1 aliphatic heterocycles. The summed E-state index contributed by atoms with van der Waals surface area (Å²) in [4.78, 5) is 2.32. The van der Waals surface area contributed by atoms with Crippen LogP contribution in [-0.4, -0.2) is 32.3 Å². The molecule has 1 fully saturated rings. The zero-order chi connectivity index (χ0) is 15.2. The molecule has 3 nitrogen and oxygen atoms in total. The average Bonchev–Trinajstić information content (AvgIpc) is 2.63. The van der Waals surface area contributed by atoms with Crippen LogP contribution in [0.1, 0.15) is 32.8 Å². The molecule has 4 heteroatoms. The topological polar surface area (TPSA) is 24.5 Å². The van der Waals surface area contributed by atoms with E-state index in [0.29, 0.717) is 12.5 Å². The second kappa shape index (κ2) is 7.76. The van der Waals surface area contributed by atoms with Crippen molar-refractivity contribution in [3.63, 3.8) is 0 Å². The molecule has 2 rings (SSSR count). The maximum absolute atomic E-state index is 13.6. The number of anilines is 1. The second-order valence-electron chi connectivity index (χ2n) is 6.28. The van der Waals surface area contributed by atoms with Crippen molar-refractivity contribution in [2.24, 2.45) is 5.92 Å². The molecule has 0 spiro atoms. The van der Waals surface area contributed by atoms with Gasteiger partial charge in [-0.3, -0.25) is 0 Å². The van der Waals surface area contributed by atoms with Gasteiger partial charge in [-0.1, -0.05) is 13.8 Å². The summed E-state index contributed by atoms with van der Waals surface area (Å²) < 4.78 is 19.3. The maximum Gasteiger partial charge on any atom is 0.123 e. The third-order valence-electron chi connectivity index (χ3n) is 3.70. The molecule has 1 aliphatic rings. The fourth-order valence-electron chi connectivity index (χ4n) is 2.71. The van der Waals surface area contributed by atoms with E-state index in [4.69, 9.17) is 4.74 Å². The average molecular weight is 294 g/mol. The summed E-state index contributed by atoms with van der Waals surface area (Å²) in [7, 11) is 0. The highest BCUT2D eigenvalue weighted by Crippen LogP contribution is 2.24. The van der Waals surface area contributed by atoms with Gasteiger partial charge in [0.1, 0.15) is 5.82 Å². The molecule has 0 aromatic heterocycles. The SMILES string of the molecule is CC(C)CNCc1cc(F)ccc1N1CCCOC(C)C1. The number of hydrogen-bond acceptors (Lipinski definition) is 3. The molecule has 1 aromatic rings. The Hall–Kier alpha value is -1.13. The van der Waals surface area contributed by atoms with E-state index in [2.05, 4.69) is 31.0 Å². The smallest absolute Gasteiger partial charge is 0.123 e. The fourth-order valence-corrected chi connectivity index (χ4v) is 2.71. The fraction of sp³-hybridized carbons (Fsp3) is 0.647. The molecule has 1 saturated heterocycles. The van der Waals surface area contributed by atoms with E-state index in [1.54, 1.807) is 12.1 Å². The molecule has 0 amide bonds. The van der Waals surface area contributed by atoms with Crippen molar-refractivity contribution in [3.05, 3.63) is 29.6 Å². The first-order valence-corrected chi connectivity index (χ1v) is 7.92. The van der Waals surface area contributed by atoms with Gasteiger partial charge < -0.3 is 15.0 Å². The molecule has 0 saturated carbocycles. The van der Waals surface area contributed by atoms with Gasteiger partial charge in [0.15, 0.2) is 0 Å². The summed E-state index contributed by atoms with van der Waals surface area (Å²) in [6, 6.07) is 5.11. The van der Waals surface area contributed by atoms with Crippen LogP contribution in [0.2, 0.25) is 0 Å². The molecule has 118 valence electrons. The lowest BCUT2D eigenvalue weighted by atomic mass is 10.1. The molecule has 21 heavy (non-hydrogen) atoms. The molecular weight excluding hydrogens is 267 g/mol. The van der Waals surface area contributed by atoms with E-state index in [9.17, 15) is 4.39 Å². The maximum atomic E-state index is 13.6. The van der Waals surface area contributed by atoms with Crippen molar-refractivity contribution in [3.8, 4) is 0 Å². The van der Waals surface area contributed by atoms with Gasteiger partial charge in [0.2, 0.25) is 0 Å². The Morgan fingerprint density at radius 3 is 3.00 bits per heavy atom. The van der Waals surface area contributed by atoms with Crippen LogP contribution in [0.15, 0.2) is 18.2 Å². The Kier molecular flexibility index (Phi) is 6.00. The Balaban J connectivity index is 2.13. The summed E-state index contributed by atoms with van der Waals surface area (Å²) in [5, 5.41) is 3.41. The lowest BCUT2D eigenvalue weighted by molar-refractivity contribution is 0.0821. The van der Waals surface area contributed by atoms with Gasteiger partial charge in [-0.05, 0) is 49.6 Å². The first-order valence-electron chi connectivity index (χ1n) is 7.92. The normalized spacial score (nSPS) is 19.9. The predicted molar refractivity (Wildman–Crippen MR) is 85.2 cm³/mol. The zero-order valence-corrected chi connectivity index (χ0v) is 13.4. The second-order valence-corrected chi connectivity index (χ2v) is 6.28. The number of benzene rings is 1. The highest BCUT2D eigenvalue weighted by molar-refractivity contribution is 5.54. The Labute approximate surface area is 127 Å². The number of rotatable bonds is 5. The van der Waals surface area contributed by atoms with Crippen LogP contribution in [0.25, 0.3) is 0 Å². The van der Waals surface area contributed by atoms with Crippen molar-refractivity contribution in [1.82, 2.24) is 5.32 Å². The summed E-state index contributed by atoms with van der Waals surface area (Å²) in [6.07, 6.45) is 1.23. The van der Waals surface area contributed by atoms with E-state index in [1.165, 1.54) is 0 Å². The Morgan fingerprint density at radius 1 is 1.43 bits per heavy atom. The van der Waals surface area contributed by atoms with Crippen molar-refractivity contribution < 1.29 is 9.13 Å². The highest BCUT2D eigenvalue weighted by Gasteiger charge is 2.18. The van der Waals surface area contributed by atoms with Crippen molar-refractivity contribution in [1.29, 1.82) is 0 Å². The molecular formula is C17H27FN2O. The van der Waals surface area contributed by atoms with Gasteiger partial charge >= 0.3 is 0 Å². The summed E-state index contributed by atoms with van der Waals surface area (Å²) in [5.74, 6) is 0.424. The lowest BCUT2D eigenvalue weighted by Crippen LogP contribution is -2.31. The Bertz CT molecular complexity index is 450. The van der Waals surface area contributed by atoms with Crippen LogP contribution in [0.5, 0.6) is 0 Å². The van der Waals surface area contributed by atoms with Gasteiger partial charge in [0.05, 0.1) is 6.10 Å². The van der Waals surface area contributed by atoms with Gasteiger partial charge in [-0.25, -0.2) is 4.39 Å². The van der Waals surface area contributed by atoms with Gasteiger partial charge in [-0.2, -0.15) is 0 Å². The third kappa shape index (κ3) is 4.97. The lowest BCUT2D eigenvalue weighted by Gasteiger charge is -2.27. The van der Waals surface area contributed by atoms with Crippen LogP contribution in [0, 0.1) is 11.7 Å². The largest absolute Gasteiger partial charge is 0.377 e. The minimum Gasteiger partial charge on any atom is -0.377 e. The molecule has 1 atom stereocenters. The predicted octanol–water partition coefficient (Wildman–Crippen LogP) is 3.19. The van der Waals surface area contributed by atoms with E-state index in [1.807, 2.05) is 6.07 Å². The third-order valence-corrected chi connectivity index (χ3v) is 3.70. The van der Waals surface area contributed by atoms with E-state index in [0.717, 1.165) is 43.9 Å². The quantitative estimate of drug-likeness (QED) is 0.902. The van der Waals surface area contributed by atoms with Crippen LogP contribution >= 0.6 is 0 Å². The van der Waals surface area contributed by atoms with Crippen LogP contribution < -0.4 is 10.2 Å². The minimum atomic E-state index is -0.167. The number of hydrogen-bond donors (Lipinski definition) is 1. The highest BCUT2D eigenvalue weighted by atomic mass is 19.1. The molecule has 1 N–H and O–H groups in total. The van der Waals surface area contributed by atoms with Crippen molar-refractivity contribution >= 4 is 5.69 Å². The first-order chi connectivity index (χ1) is 10.1. The molecule has 0 aliphatic carbocycles. The van der Waals surface area contributed by atoms with E-state index >= 15 is 0 Å². The van der Waals surface area contributed by atoms with Gasteiger partial charge in [0.25, 0.3) is 0 Å². The van der Waals surface area contributed by atoms with Crippen LogP contribution in [0.4, 0.5) is 10.1 Å². The number of halogens is 1. The summed E-state index contributed by atoms with van der Waals surface area (Å²) in [6.45, 7) is 10.7. The Morgan fingerprint density at radius 2 is 2.24 bits per heavy atom. The van der Waals surface area contributed by atoms with Crippen molar-refractivity contribution in [2.75, 3.05) is 31.1 Å². The molecule has 1 aromatic carbocycles. The van der Waals surface area contributed by atoms with Crippen LogP contribution in [-0.2, 0) is 11.3 Å². The molecule has 0 bridgehead atoms. The molecule has 0 radical (unpaired) electrons. The van der Waals surface area contributed by atoms with E-state index in [-0.39, 0.29) is 11.9 Å². The number of ether oxygens (including phenoxy) is 1. The molecule has 1 heterocycles. The molecule has 1 unspecified atom stereocenters. The standard InChI is InChI=1S/C17H27FN2O/c1-13(2)10-19-11-15-9-16(18)5-6-17(15)20-7-4-8-21-14(3)12-20/h5-6,9,13-14,19H,4,7-8,10-12H2,1-3H3.